The summed E-state index contributed by atoms with van der Waals surface area (Å²) in [5.41, 5.74) is 0.844. The van der Waals surface area contributed by atoms with E-state index in [-0.39, 0.29) is 0 Å². The van der Waals surface area contributed by atoms with Crippen LogP contribution in [0.25, 0.3) is 0 Å². The summed E-state index contributed by atoms with van der Waals surface area (Å²) in [6.07, 6.45) is 3.96. The van der Waals surface area contributed by atoms with Crippen molar-refractivity contribution in [3.63, 3.8) is 0 Å². The maximum absolute atomic E-state index is 8.91. The Kier molecular flexibility index (Phi) is 4.14. The third-order valence-corrected chi connectivity index (χ3v) is 1.93. The molecule has 1 atom stereocenters. The molecule has 14 heavy (non-hydrogen) atoms. The summed E-state index contributed by atoms with van der Waals surface area (Å²) in [5, 5.41) is 8.91. The lowest BCUT2D eigenvalue weighted by Crippen LogP contribution is -2.08. The van der Waals surface area contributed by atoms with Crippen LogP contribution in [0.2, 0.25) is 0 Å². The van der Waals surface area contributed by atoms with Crippen LogP contribution < -0.4 is 0 Å². The molecular weight excluding hydrogens is 178 g/mol. The highest BCUT2D eigenvalue weighted by Gasteiger charge is 2.14. The molecule has 0 aliphatic carbocycles. The van der Waals surface area contributed by atoms with Gasteiger partial charge in [0.1, 0.15) is 6.07 Å². The Labute approximate surface area is 84.1 Å². The number of hydrogen-bond donors (Lipinski definition) is 0. The lowest BCUT2D eigenvalue weighted by atomic mass is 10.3. The summed E-state index contributed by atoms with van der Waals surface area (Å²) < 4.78 is 7.26. The van der Waals surface area contributed by atoms with Crippen LogP contribution in [0.15, 0.2) is 12.5 Å². The molecule has 0 radical (unpaired) electrons. The van der Waals surface area contributed by atoms with E-state index in [2.05, 4.69) is 18.0 Å². The van der Waals surface area contributed by atoms with Gasteiger partial charge in [-0.05, 0) is 13.3 Å². The fourth-order valence-corrected chi connectivity index (χ4v) is 1.33. The molecule has 4 heteroatoms. The summed E-state index contributed by atoms with van der Waals surface area (Å²) in [6.45, 7) is 5.38. The smallest absolute Gasteiger partial charge is 0.185 e. The molecule has 76 valence electrons. The van der Waals surface area contributed by atoms with Gasteiger partial charge in [-0.3, -0.25) is 0 Å². The fourth-order valence-electron chi connectivity index (χ4n) is 1.33. The number of hydrogen-bond acceptors (Lipinski definition) is 3. The zero-order valence-corrected chi connectivity index (χ0v) is 8.60. The molecule has 1 aromatic rings. The Balaban J connectivity index is 2.81. The Bertz CT molecular complexity index is 313. The number of nitrogens with zero attached hydrogens (tertiary/aromatic N) is 3. The van der Waals surface area contributed by atoms with Crippen molar-refractivity contribution >= 4 is 0 Å². The van der Waals surface area contributed by atoms with Gasteiger partial charge in [-0.1, -0.05) is 6.92 Å². The maximum Gasteiger partial charge on any atom is 0.185 e. The van der Waals surface area contributed by atoms with E-state index >= 15 is 0 Å². The minimum atomic E-state index is -0.492. The highest BCUT2D eigenvalue weighted by molar-refractivity contribution is 5.11. The van der Waals surface area contributed by atoms with Crippen molar-refractivity contribution in [2.24, 2.45) is 0 Å². The number of aryl methyl sites for hydroxylation is 1. The van der Waals surface area contributed by atoms with E-state index in [0.717, 1.165) is 18.7 Å². The molecule has 0 aliphatic heterocycles. The van der Waals surface area contributed by atoms with Gasteiger partial charge in [0, 0.05) is 13.2 Å². The van der Waals surface area contributed by atoms with Gasteiger partial charge >= 0.3 is 0 Å². The van der Waals surface area contributed by atoms with Crippen LogP contribution >= 0.6 is 0 Å². The third-order valence-electron chi connectivity index (χ3n) is 1.93. The average molecular weight is 193 g/mol. The largest absolute Gasteiger partial charge is 0.357 e. The highest BCUT2D eigenvalue weighted by Crippen LogP contribution is 2.16. The van der Waals surface area contributed by atoms with E-state index in [1.54, 1.807) is 12.5 Å². The highest BCUT2D eigenvalue weighted by atomic mass is 16.5. The number of aromatic nitrogens is 2. The Hall–Kier alpha value is -1.34. The van der Waals surface area contributed by atoms with Gasteiger partial charge in [-0.25, -0.2) is 4.98 Å². The SMILES string of the molecule is CCCn1cncc1C(C#N)OCC. The normalized spacial score (nSPS) is 12.4. The molecule has 0 N–H and O–H groups in total. The zero-order valence-electron chi connectivity index (χ0n) is 8.60. The molecule has 0 aliphatic rings. The van der Waals surface area contributed by atoms with Crippen LogP contribution in [0.3, 0.4) is 0 Å². The maximum atomic E-state index is 8.91. The number of rotatable bonds is 5. The van der Waals surface area contributed by atoms with E-state index in [1.807, 2.05) is 11.5 Å². The van der Waals surface area contributed by atoms with Crippen molar-refractivity contribution in [1.82, 2.24) is 9.55 Å². The number of imidazole rings is 1. The standard InChI is InChI=1S/C10H15N3O/c1-3-5-13-8-12-7-9(13)10(6-11)14-4-2/h7-8,10H,3-5H2,1-2H3. The van der Waals surface area contributed by atoms with Crippen LogP contribution in [-0.4, -0.2) is 16.2 Å². The van der Waals surface area contributed by atoms with E-state index in [1.165, 1.54) is 0 Å². The molecule has 0 bridgehead atoms. The van der Waals surface area contributed by atoms with Gasteiger partial charge in [0.15, 0.2) is 6.10 Å². The molecule has 0 saturated heterocycles. The van der Waals surface area contributed by atoms with Crippen molar-refractivity contribution < 1.29 is 4.74 Å². The van der Waals surface area contributed by atoms with Crippen LogP contribution in [0.1, 0.15) is 32.1 Å². The summed E-state index contributed by atoms with van der Waals surface area (Å²) in [5.74, 6) is 0. The Morgan fingerprint density at radius 2 is 2.43 bits per heavy atom. The lowest BCUT2D eigenvalue weighted by Gasteiger charge is -2.11. The van der Waals surface area contributed by atoms with Crippen molar-refractivity contribution in [2.45, 2.75) is 32.9 Å². The second kappa shape index (κ2) is 5.40. The quantitative estimate of drug-likeness (QED) is 0.717. The molecule has 1 rings (SSSR count). The topological polar surface area (TPSA) is 50.8 Å². The van der Waals surface area contributed by atoms with E-state index < -0.39 is 6.10 Å². The Morgan fingerprint density at radius 1 is 1.64 bits per heavy atom. The van der Waals surface area contributed by atoms with Gasteiger partial charge in [0.25, 0.3) is 0 Å². The first-order chi connectivity index (χ1) is 6.83. The minimum Gasteiger partial charge on any atom is -0.357 e. The molecular formula is C10H15N3O. The molecule has 1 unspecified atom stereocenters. The zero-order chi connectivity index (χ0) is 10.4. The average Bonchev–Trinajstić information content (AvgIpc) is 2.63. The first kappa shape index (κ1) is 10.7. The van der Waals surface area contributed by atoms with Crippen molar-refractivity contribution in [1.29, 1.82) is 5.26 Å². The van der Waals surface area contributed by atoms with E-state index in [9.17, 15) is 0 Å². The van der Waals surface area contributed by atoms with Crippen LogP contribution in [0.5, 0.6) is 0 Å². The molecule has 4 nitrogen and oxygen atoms in total. The van der Waals surface area contributed by atoms with Crippen molar-refractivity contribution in [3.05, 3.63) is 18.2 Å². The van der Waals surface area contributed by atoms with Gasteiger partial charge < -0.3 is 9.30 Å². The third kappa shape index (κ3) is 2.33. The van der Waals surface area contributed by atoms with Gasteiger partial charge in [-0.15, -0.1) is 0 Å². The first-order valence-corrected chi connectivity index (χ1v) is 4.84. The van der Waals surface area contributed by atoms with Crippen molar-refractivity contribution in [3.8, 4) is 6.07 Å². The van der Waals surface area contributed by atoms with Crippen LogP contribution in [0.4, 0.5) is 0 Å². The van der Waals surface area contributed by atoms with E-state index in [0.29, 0.717) is 6.61 Å². The Morgan fingerprint density at radius 3 is 3.00 bits per heavy atom. The second-order valence-electron chi connectivity index (χ2n) is 2.98. The van der Waals surface area contributed by atoms with Gasteiger partial charge in [0.2, 0.25) is 0 Å². The molecule has 0 saturated carbocycles. The van der Waals surface area contributed by atoms with Gasteiger partial charge in [-0.2, -0.15) is 5.26 Å². The molecule has 1 aromatic heterocycles. The summed E-state index contributed by atoms with van der Waals surface area (Å²) >= 11 is 0. The fraction of sp³-hybridized carbons (Fsp3) is 0.600. The van der Waals surface area contributed by atoms with Gasteiger partial charge in [0.05, 0.1) is 18.2 Å². The monoisotopic (exact) mass is 193 g/mol. The summed E-state index contributed by atoms with van der Waals surface area (Å²) in [4.78, 5) is 4.02. The van der Waals surface area contributed by atoms with Crippen LogP contribution in [0, 0.1) is 11.3 Å². The van der Waals surface area contributed by atoms with Crippen LogP contribution in [-0.2, 0) is 11.3 Å². The predicted molar refractivity (Wildman–Crippen MR) is 52.5 cm³/mol. The summed E-state index contributed by atoms with van der Waals surface area (Å²) in [6, 6.07) is 2.12. The van der Waals surface area contributed by atoms with E-state index in [4.69, 9.17) is 10.00 Å². The number of nitriles is 1. The number of ether oxygens (including phenoxy) is 1. The molecule has 0 amide bonds. The molecule has 0 aromatic carbocycles. The second-order valence-corrected chi connectivity index (χ2v) is 2.98. The summed E-state index contributed by atoms with van der Waals surface area (Å²) in [7, 11) is 0. The van der Waals surface area contributed by atoms with Crippen molar-refractivity contribution in [2.75, 3.05) is 6.61 Å². The first-order valence-electron chi connectivity index (χ1n) is 4.84. The molecule has 0 spiro atoms. The minimum absolute atomic E-state index is 0.492. The predicted octanol–water partition coefficient (Wildman–Crippen LogP) is 1.89. The molecule has 0 fully saturated rings. The lowest BCUT2D eigenvalue weighted by molar-refractivity contribution is 0.0962. The molecule has 1 heterocycles.